The SMILES string of the molecule is Cc1cc(N(c2ccc(C(C)(C)C)cc2)c2ccc(C(C)(C)C)cc2)c(Cl)c(N(c2ccc(C(C)(C)C)cc2)c2ccc(-c3cc4ccccc4o3)cc2-c2ccccc2)c1. The average Bonchev–Trinajstić information content (AvgIpc) is 3.67. The van der Waals surface area contributed by atoms with E-state index in [0.717, 1.165) is 73.1 Å². The number of halogens is 1. The van der Waals surface area contributed by atoms with Crippen molar-refractivity contribution in [2.24, 2.45) is 0 Å². The van der Waals surface area contributed by atoms with Gasteiger partial charge in [-0.1, -0.05) is 159 Å². The van der Waals surface area contributed by atoms with Crippen LogP contribution in [0.2, 0.25) is 5.02 Å². The van der Waals surface area contributed by atoms with Gasteiger partial charge in [0, 0.05) is 33.6 Å². The van der Waals surface area contributed by atoms with E-state index in [4.69, 9.17) is 16.0 Å². The lowest BCUT2D eigenvalue weighted by Gasteiger charge is -2.33. The molecule has 0 aliphatic carbocycles. The van der Waals surface area contributed by atoms with Crippen molar-refractivity contribution >= 4 is 56.7 Å². The molecule has 0 amide bonds. The second-order valence-corrected chi connectivity index (χ2v) is 19.8. The highest BCUT2D eigenvalue weighted by Gasteiger charge is 2.27. The Hall–Kier alpha value is -6.03. The summed E-state index contributed by atoms with van der Waals surface area (Å²) < 4.78 is 6.43. The van der Waals surface area contributed by atoms with Crippen molar-refractivity contribution in [3.05, 3.63) is 191 Å². The molecular formula is C57H57ClN2O. The maximum absolute atomic E-state index is 7.95. The van der Waals surface area contributed by atoms with E-state index in [2.05, 4.69) is 225 Å². The van der Waals surface area contributed by atoms with Gasteiger partial charge in [-0.15, -0.1) is 0 Å². The zero-order valence-electron chi connectivity index (χ0n) is 37.3. The number of nitrogens with zero attached hydrogens (tertiary/aromatic N) is 2. The molecule has 0 fully saturated rings. The monoisotopic (exact) mass is 820 g/mol. The summed E-state index contributed by atoms with van der Waals surface area (Å²) in [5.41, 5.74) is 14.8. The number of fused-ring (bicyclic) bond motifs is 1. The molecule has 0 atom stereocenters. The zero-order valence-corrected chi connectivity index (χ0v) is 38.0. The molecule has 61 heavy (non-hydrogen) atoms. The smallest absolute Gasteiger partial charge is 0.135 e. The molecule has 7 aromatic carbocycles. The maximum Gasteiger partial charge on any atom is 0.135 e. The zero-order chi connectivity index (χ0) is 43.3. The molecule has 0 aliphatic heterocycles. The lowest BCUT2D eigenvalue weighted by atomic mass is 9.86. The van der Waals surface area contributed by atoms with Crippen LogP contribution in [0.15, 0.2) is 168 Å². The summed E-state index contributed by atoms with van der Waals surface area (Å²) in [4.78, 5) is 4.64. The molecular weight excluding hydrogens is 764 g/mol. The Labute approximate surface area is 368 Å². The van der Waals surface area contributed by atoms with E-state index < -0.39 is 0 Å². The normalized spacial score (nSPS) is 12.2. The lowest BCUT2D eigenvalue weighted by molar-refractivity contribution is 0.590. The van der Waals surface area contributed by atoms with Gasteiger partial charge in [0.05, 0.1) is 22.1 Å². The fourth-order valence-electron chi connectivity index (χ4n) is 8.08. The standard InChI is InChI=1S/C57H57ClN2O/c1-38-34-50(59(45-27-21-42(22-28-45)55(2,3)4)46-29-23-43(24-30-46)56(5,6)7)54(58)51(35-38)60(47-31-25-44(26-32-47)57(8,9)10)49-33-20-41(36-48(49)39-16-12-11-13-17-39)53-37-40-18-14-15-19-52(40)61-53/h11-37H,1-10H3. The minimum Gasteiger partial charge on any atom is -0.456 e. The van der Waals surface area contributed by atoms with Gasteiger partial charge in [0.2, 0.25) is 0 Å². The Balaban J connectivity index is 1.37. The molecule has 4 heteroatoms. The summed E-state index contributed by atoms with van der Waals surface area (Å²) in [7, 11) is 0. The molecule has 0 aliphatic rings. The van der Waals surface area contributed by atoms with E-state index in [0.29, 0.717) is 5.02 Å². The summed E-state index contributed by atoms with van der Waals surface area (Å²) in [6.45, 7) is 22.5. The molecule has 0 N–H and O–H groups in total. The first kappa shape index (κ1) is 41.7. The van der Waals surface area contributed by atoms with Crippen molar-refractivity contribution in [3.63, 3.8) is 0 Å². The van der Waals surface area contributed by atoms with Gasteiger partial charge in [-0.3, -0.25) is 0 Å². The number of rotatable bonds is 8. The van der Waals surface area contributed by atoms with Crippen molar-refractivity contribution in [2.75, 3.05) is 9.80 Å². The van der Waals surface area contributed by atoms with Gasteiger partial charge in [-0.25, -0.2) is 0 Å². The van der Waals surface area contributed by atoms with E-state index >= 15 is 0 Å². The second kappa shape index (κ2) is 16.1. The summed E-state index contributed by atoms with van der Waals surface area (Å²) in [5.74, 6) is 0.826. The van der Waals surface area contributed by atoms with Crippen LogP contribution < -0.4 is 9.80 Å². The third kappa shape index (κ3) is 8.63. The lowest BCUT2D eigenvalue weighted by Crippen LogP contribution is -2.17. The van der Waals surface area contributed by atoms with Crippen molar-refractivity contribution in [3.8, 4) is 22.5 Å². The highest BCUT2D eigenvalue weighted by atomic mass is 35.5. The summed E-state index contributed by atoms with van der Waals surface area (Å²) in [6, 6.07) is 58.8. The van der Waals surface area contributed by atoms with Crippen LogP contribution in [0.3, 0.4) is 0 Å². The highest BCUT2D eigenvalue weighted by Crippen LogP contribution is 2.50. The molecule has 308 valence electrons. The van der Waals surface area contributed by atoms with Crippen molar-refractivity contribution in [1.29, 1.82) is 0 Å². The Bertz CT molecular complexity index is 2710. The molecule has 0 saturated heterocycles. The molecule has 1 aromatic heterocycles. The van der Waals surface area contributed by atoms with Crippen LogP contribution in [0.4, 0.5) is 34.1 Å². The topological polar surface area (TPSA) is 19.6 Å². The minimum atomic E-state index is -0.00742. The average molecular weight is 822 g/mol. The molecule has 3 nitrogen and oxygen atoms in total. The quantitative estimate of drug-likeness (QED) is 0.152. The van der Waals surface area contributed by atoms with E-state index in [1.165, 1.54) is 16.7 Å². The maximum atomic E-state index is 7.95. The highest BCUT2D eigenvalue weighted by molar-refractivity contribution is 6.37. The van der Waals surface area contributed by atoms with Crippen molar-refractivity contribution < 1.29 is 4.42 Å². The molecule has 0 spiro atoms. The Morgan fingerprint density at radius 1 is 0.426 bits per heavy atom. The molecule has 0 bridgehead atoms. The van der Waals surface area contributed by atoms with Crippen molar-refractivity contribution in [1.82, 2.24) is 0 Å². The Kier molecular flexibility index (Phi) is 11.0. The summed E-state index contributed by atoms with van der Waals surface area (Å²) >= 11 is 7.95. The fourth-order valence-corrected chi connectivity index (χ4v) is 8.36. The molecule has 8 aromatic rings. The summed E-state index contributed by atoms with van der Waals surface area (Å²) in [5, 5.41) is 1.72. The number of hydrogen-bond acceptors (Lipinski definition) is 3. The number of anilines is 6. The van der Waals surface area contributed by atoms with Crippen LogP contribution in [0, 0.1) is 6.92 Å². The molecule has 0 unspecified atom stereocenters. The van der Waals surface area contributed by atoms with Crippen LogP contribution in [-0.4, -0.2) is 0 Å². The van der Waals surface area contributed by atoms with Crippen LogP contribution in [0.25, 0.3) is 33.4 Å². The Morgan fingerprint density at radius 2 is 0.885 bits per heavy atom. The van der Waals surface area contributed by atoms with Gasteiger partial charge in [0.15, 0.2) is 0 Å². The van der Waals surface area contributed by atoms with Crippen LogP contribution in [0.5, 0.6) is 0 Å². The first-order chi connectivity index (χ1) is 29.0. The first-order valence-corrected chi connectivity index (χ1v) is 21.7. The minimum absolute atomic E-state index is 0.00742. The van der Waals surface area contributed by atoms with Gasteiger partial charge in [-0.2, -0.15) is 0 Å². The molecule has 1 heterocycles. The molecule has 8 rings (SSSR count). The fraction of sp³-hybridized carbons (Fsp3) is 0.228. The molecule has 0 saturated carbocycles. The number of benzene rings is 7. The number of hydrogen-bond donors (Lipinski definition) is 0. The van der Waals surface area contributed by atoms with E-state index in [1.807, 2.05) is 18.2 Å². The number of aryl methyl sites for hydroxylation is 1. The second-order valence-electron chi connectivity index (χ2n) is 19.4. The van der Waals surface area contributed by atoms with Crippen molar-refractivity contribution in [2.45, 2.75) is 85.5 Å². The summed E-state index contributed by atoms with van der Waals surface area (Å²) in [6.07, 6.45) is 0. The first-order valence-electron chi connectivity index (χ1n) is 21.4. The van der Waals surface area contributed by atoms with Gasteiger partial charge >= 0.3 is 0 Å². The predicted molar refractivity (Wildman–Crippen MR) is 262 cm³/mol. The largest absolute Gasteiger partial charge is 0.456 e. The van der Waals surface area contributed by atoms with Gasteiger partial charge in [0.25, 0.3) is 0 Å². The van der Waals surface area contributed by atoms with Crippen LogP contribution >= 0.6 is 11.6 Å². The predicted octanol–water partition coefficient (Wildman–Crippen LogP) is 17.6. The van der Waals surface area contributed by atoms with Gasteiger partial charge in [0.1, 0.15) is 11.3 Å². The van der Waals surface area contributed by atoms with Gasteiger partial charge < -0.3 is 14.2 Å². The Morgan fingerprint density at radius 3 is 1.38 bits per heavy atom. The van der Waals surface area contributed by atoms with Crippen LogP contribution in [0.1, 0.15) is 84.6 Å². The third-order valence-electron chi connectivity index (χ3n) is 11.7. The van der Waals surface area contributed by atoms with Gasteiger partial charge in [-0.05, 0) is 130 Å². The van der Waals surface area contributed by atoms with Crippen LogP contribution in [-0.2, 0) is 16.2 Å². The number of furan rings is 1. The third-order valence-corrected chi connectivity index (χ3v) is 12.1. The van der Waals surface area contributed by atoms with E-state index in [9.17, 15) is 0 Å². The van der Waals surface area contributed by atoms with E-state index in [-0.39, 0.29) is 16.2 Å². The number of para-hydroxylation sites is 1. The molecule has 0 radical (unpaired) electrons. The van der Waals surface area contributed by atoms with E-state index in [1.54, 1.807) is 0 Å².